The maximum absolute atomic E-state index is 12.5. The van der Waals surface area contributed by atoms with E-state index in [0.29, 0.717) is 17.7 Å². The molecule has 27 heavy (non-hydrogen) atoms. The number of hydrogen-bond acceptors (Lipinski definition) is 4. The Kier molecular flexibility index (Phi) is 6.98. The first-order valence-electron chi connectivity index (χ1n) is 8.85. The Morgan fingerprint density at radius 2 is 1.78 bits per heavy atom. The zero-order chi connectivity index (χ0) is 20.0. The Bertz CT molecular complexity index is 896. The van der Waals surface area contributed by atoms with Gasteiger partial charge < -0.3 is 10.2 Å². The highest BCUT2D eigenvalue weighted by Crippen LogP contribution is 2.21. The minimum atomic E-state index is -3.61. The van der Waals surface area contributed by atoms with Gasteiger partial charge in [0.1, 0.15) is 0 Å². The normalized spacial score (nSPS) is 11.3. The van der Waals surface area contributed by atoms with Gasteiger partial charge in [0.25, 0.3) is 5.91 Å². The van der Waals surface area contributed by atoms with E-state index in [2.05, 4.69) is 14.9 Å². The van der Waals surface area contributed by atoms with Crippen molar-refractivity contribution in [2.24, 2.45) is 0 Å². The average Bonchev–Trinajstić information content (AvgIpc) is 2.67. The van der Waals surface area contributed by atoms with Gasteiger partial charge in [-0.1, -0.05) is 18.2 Å². The molecule has 0 atom stereocenters. The van der Waals surface area contributed by atoms with Gasteiger partial charge in [-0.25, -0.2) is 13.1 Å². The number of nitrogens with one attached hydrogen (secondary N) is 2. The quantitative estimate of drug-likeness (QED) is 0.680. The molecule has 2 aromatic carbocycles. The largest absolute Gasteiger partial charge is 0.375 e. The summed E-state index contributed by atoms with van der Waals surface area (Å²) < 4.78 is 26.6. The van der Waals surface area contributed by atoms with Crippen molar-refractivity contribution in [2.75, 3.05) is 32.1 Å². The summed E-state index contributed by atoms with van der Waals surface area (Å²) >= 11 is 0. The lowest BCUT2D eigenvalue weighted by Gasteiger charge is -2.19. The molecule has 1 amide bonds. The van der Waals surface area contributed by atoms with Gasteiger partial charge in [-0.15, -0.1) is 0 Å². The second-order valence-electron chi connectivity index (χ2n) is 6.49. The predicted octanol–water partition coefficient (Wildman–Crippen LogP) is 2.47. The van der Waals surface area contributed by atoms with E-state index < -0.39 is 10.0 Å². The standard InChI is InChI=1S/C20H27N3O3S/c1-15-13-17(14-19(16(15)2)27(25,26)21-3)20(24)22-11-8-12-23(4)18-9-6-5-7-10-18/h5-7,9-10,13-14,21H,8,11-12H2,1-4H3,(H,22,24). The topological polar surface area (TPSA) is 78.5 Å². The zero-order valence-corrected chi connectivity index (χ0v) is 17.1. The Morgan fingerprint density at radius 3 is 2.41 bits per heavy atom. The van der Waals surface area contributed by atoms with Gasteiger partial charge in [0.2, 0.25) is 10.0 Å². The Morgan fingerprint density at radius 1 is 1.11 bits per heavy atom. The molecule has 2 rings (SSSR count). The van der Waals surface area contributed by atoms with Crippen molar-refractivity contribution < 1.29 is 13.2 Å². The van der Waals surface area contributed by atoms with Crippen molar-refractivity contribution >= 4 is 21.6 Å². The van der Waals surface area contributed by atoms with Crippen LogP contribution in [-0.2, 0) is 10.0 Å². The van der Waals surface area contributed by atoms with Crippen LogP contribution in [0.3, 0.4) is 0 Å². The van der Waals surface area contributed by atoms with Gasteiger partial charge in [-0.3, -0.25) is 4.79 Å². The third kappa shape index (κ3) is 5.30. The molecule has 0 bridgehead atoms. The molecule has 0 unspecified atom stereocenters. The number of rotatable bonds is 8. The van der Waals surface area contributed by atoms with E-state index in [-0.39, 0.29) is 10.8 Å². The Hall–Kier alpha value is -2.38. The summed E-state index contributed by atoms with van der Waals surface area (Å²) in [4.78, 5) is 14.7. The fraction of sp³-hybridized carbons (Fsp3) is 0.350. The van der Waals surface area contributed by atoms with E-state index in [4.69, 9.17) is 0 Å². The molecule has 0 heterocycles. The second-order valence-corrected chi connectivity index (χ2v) is 8.35. The minimum absolute atomic E-state index is 0.138. The van der Waals surface area contributed by atoms with Crippen LogP contribution in [0.5, 0.6) is 0 Å². The molecule has 0 aliphatic rings. The van der Waals surface area contributed by atoms with Crippen LogP contribution in [0.2, 0.25) is 0 Å². The zero-order valence-electron chi connectivity index (χ0n) is 16.2. The van der Waals surface area contributed by atoms with Crippen LogP contribution >= 0.6 is 0 Å². The predicted molar refractivity (Wildman–Crippen MR) is 109 cm³/mol. The first kappa shape index (κ1) is 20.9. The highest BCUT2D eigenvalue weighted by Gasteiger charge is 2.19. The average molecular weight is 390 g/mol. The maximum Gasteiger partial charge on any atom is 0.251 e. The molecule has 146 valence electrons. The van der Waals surface area contributed by atoms with Crippen molar-refractivity contribution in [1.82, 2.24) is 10.0 Å². The van der Waals surface area contributed by atoms with Gasteiger partial charge >= 0.3 is 0 Å². The number of amides is 1. The third-order valence-corrected chi connectivity index (χ3v) is 6.13. The van der Waals surface area contributed by atoms with E-state index in [9.17, 15) is 13.2 Å². The molecule has 0 aliphatic carbocycles. The number of carbonyl (C=O) groups is 1. The highest BCUT2D eigenvalue weighted by molar-refractivity contribution is 7.89. The fourth-order valence-electron chi connectivity index (χ4n) is 2.78. The van der Waals surface area contributed by atoms with Crippen LogP contribution < -0.4 is 14.9 Å². The Balaban J connectivity index is 1.98. The summed E-state index contributed by atoms with van der Waals surface area (Å²) in [5.74, 6) is -0.270. The van der Waals surface area contributed by atoms with Crippen LogP contribution in [0, 0.1) is 13.8 Å². The number of hydrogen-bond donors (Lipinski definition) is 2. The van der Waals surface area contributed by atoms with Crippen LogP contribution in [0.15, 0.2) is 47.4 Å². The van der Waals surface area contributed by atoms with E-state index in [1.54, 1.807) is 19.9 Å². The molecule has 2 aromatic rings. The smallest absolute Gasteiger partial charge is 0.251 e. The summed E-state index contributed by atoms with van der Waals surface area (Å²) in [5, 5.41) is 2.87. The van der Waals surface area contributed by atoms with Crippen LogP contribution in [0.25, 0.3) is 0 Å². The van der Waals surface area contributed by atoms with Crippen LogP contribution in [0.1, 0.15) is 27.9 Å². The van der Waals surface area contributed by atoms with Crippen LogP contribution in [0.4, 0.5) is 5.69 Å². The molecular formula is C20H27N3O3S. The first-order chi connectivity index (χ1) is 12.8. The van der Waals surface area contributed by atoms with Gasteiger partial charge in [0.05, 0.1) is 4.90 Å². The monoisotopic (exact) mass is 389 g/mol. The summed E-state index contributed by atoms with van der Waals surface area (Å²) in [5.41, 5.74) is 2.88. The maximum atomic E-state index is 12.5. The molecule has 2 N–H and O–H groups in total. The number of sulfonamides is 1. The number of nitrogens with zero attached hydrogens (tertiary/aromatic N) is 1. The molecule has 7 heteroatoms. The summed E-state index contributed by atoms with van der Waals surface area (Å²) in [7, 11) is -0.241. The first-order valence-corrected chi connectivity index (χ1v) is 10.3. The number of benzene rings is 2. The molecule has 0 fully saturated rings. The number of para-hydroxylation sites is 1. The van der Waals surface area contributed by atoms with Crippen LogP contribution in [-0.4, -0.2) is 41.5 Å². The van der Waals surface area contributed by atoms with Crippen molar-refractivity contribution in [1.29, 1.82) is 0 Å². The number of carbonyl (C=O) groups excluding carboxylic acids is 1. The van der Waals surface area contributed by atoms with Gasteiger partial charge in [0.15, 0.2) is 0 Å². The Labute approximate surface area is 161 Å². The summed E-state index contributed by atoms with van der Waals surface area (Å²) in [6, 6.07) is 13.2. The lowest BCUT2D eigenvalue weighted by molar-refractivity contribution is 0.0953. The molecular weight excluding hydrogens is 362 g/mol. The molecule has 0 aliphatic heterocycles. The molecule has 0 spiro atoms. The number of aryl methyl sites for hydroxylation is 1. The molecule has 0 radical (unpaired) electrons. The second kappa shape index (κ2) is 9.01. The van der Waals surface area contributed by atoms with Crippen molar-refractivity contribution in [3.8, 4) is 0 Å². The third-order valence-electron chi connectivity index (χ3n) is 4.59. The van der Waals surface area contributed by atoms with Crippen molar-refractivity contribution in [3.63, 3.8) is 0 Å². The minimum Gasteiger partial charge on any atom is -0.375 e. The van der Waals surface area contributed by atoms with E-state index in [1.807, 2.05) is 37.4 Å². The molecule has 0 saturated carbocycles. The van der Waals surface area contributed by atoms with Gasteiger partial charge in [-0.2, -0.15) is 0 Å². The number of anilines is 1. The van der Waals surface area contributed by atoms with Crippen molar-refractivity contribution in [3.05, 3.63) is 59.2 Å². The van der Waals surface area contributed by atoms with Crippen molar-refractivity contribution in [2.45, 2.75) is 25.2 Å². The summed E-state index contributed by atoms with van der Waals surface area (Å²) in [6.07, 6.45) is 0.781. The lowest BCUT2D eigenvalue weighted by atomic mass is 10.1. The van der Waals surface area contributed by atoms with Gasteiger partial charge in [-0.05, 0) is 62.7 Å². The lowest BCUT2D eigenvalue weighted by Crippen LogP contribution is -2.28. The van der Waals surface area contributed by atoms with Gasteiger partial charge in [0, 0.05) is 31.4 Å². The fourth-order valence-corrected chi connectivity index (χ4v) is 3.85. The van der Waals surface area contributed by atoms with E-state index in [1.165, 1.54) is 13.1 Å². The van der Waals surface area contributed by atoms with E-state index in [0.717, 1.165) is 24.2 Å². The summed E-state index contributed by atoms with van der Waals surface area (Å²) in [6.45, 7) is 4.85. The highest BCUT2D eigenvalue weighted by atomic mass is 32.2. The molecule has 6 nitrogen and oxygen atoms in total. The van der Waals surface area contributed by atoms with E-state index >= 15 is 0 Å². The molecule has 0 aromatic heterocycles. The molecule has 0 saturated heterocycles. The SMILES string of the molecule is CNS(=O)(=O)c1cc(C(=O)NCCCN(C)c2ccccc2)cc(C)c1C.